The van der Waals surface area contributed by atoms with Gasteiger partial charge in [-0.25, -0.2) is 0 Å². The molecule has 0 aliphatic rings. The summed E-state index contributed by atoms with van der Waals surface area (Å²) < 4.78 is 0. The highest BCUT2D eigenvalue weighted by molar-refractivity contribution is 4.93. The maximum absolute atomic E-state index is 8.52. The van der Waals surface area contributed by atoms with Crippen molar-refractivity contribution < 1.29 is 15.3 Å². The van der Waals surface area contributed by atoms with Crippen LogP contribution < -0.4 is 0 Å². The molecule has 0 atom stereocenters. The molecular weight excluding hydrogens is 120 g/mol. The molecule has 0 aromatic heterocycles. The molecule has 0 heterocycles. The van der Waals surface area contributed by atoms with E-state index in [2.05, 4.69) is 13.3 Å². The molecular formula is C6H11O3. The fourth-order valence-corrected chi connectivity index (χ4v) is 0.330. The van der Waals surface area contributed by atoms with Crippen molar-refractivity contribution in [3.63, 3.8) is 0 Å². The van der Waals surface area contributed by atoms with Gasteiger partial charge in [0.2, 0.25) is 0 Å². The molecule has 0 unspecified atom stereocenters. The number of aliphatic hydroxyl groups is 3. The predicted octanol–water partition coefficient (Wildman–Crippen LogP) is -1.13. The van der Waals surface area contributed by atoms with Crippen molar-refractivity contribution in [2.45, 2.75) is 0 Å². The summed E-state index contributed by atoms with van der Waals surface area (Å²) in [6, 6.07) is 0. The van der Waals surface area contributed by atoms with Crippen LogP contribution in [-0.4, -0.2) is 35.1 Å². The third-order valence-electron chi connectivity index (χ3n) is 1.06. The normalized spacial score (nSPS) is 12.0. The molecule has 0 amide bonds. The van der Waals surface area contributed by atoms with Gasteiger partial charge in [-0.15, -0.1) is 0 Å². The Labute approximate surface area is 54.9 Å². The van der Waals surface area contributed by atoms with Crippen molar-refractivity contribution in [1.29, 1.82) is 0 Å². The highest BCUT2D eigenvalue weighted by Gasteiger charge is 2.21. The third kappa shape index (κ3) is 2.79. The van der Waals surface area contributed by atoms with Gasteiger partial charge >= 0.3 is 0 Å². The SMILES string of the molecule is [CH2]C([C]CO)(CO)CO. The van der Waals surface area contributed by atoms with Gasteiger partial charge in [0, 0.05) is 11.8 Å². The van der Waals surface area contributed by atoms with Gasteiger partial charge in [-0.1, -0.05) is 0 Å². The molecule has 3 heteroatoms. The highest BCUT2D eigenvalue weighted by Crippen LogP contribution is 2.16. The molecule has 0 saturated carbocycles. The Balaban J connectivity index is 3.62. The first-order chi connectivity index (χ1) is 4.18. The van der Waals surface area contributed by atoms with Crippen LogP contribution in [0.5, 0.6) is 0 Å². The van der Waals surface area contributed by atoms with Gasteiger partial charge in [0.15, 0.2) is 0 Å². The lowest BCUT2D eigenvalue weighted by molar-refractivity contribution is 0.104. The fourth-order valence-electron chi connectivity index (χ4n) is 0.330. The topological polar surface area (TPSA) is 60.7 Å². The van der Waals surface area contributed by atoms with E-state index in [0.29, 0.717) is 0 Å². The highest BCUT2D eigenvalue weighted by atomic mass is 16.3. The average Bonchev–Trinajstić information content (AvgIpc) is 1.89. The van der Waals surface area contributed by atoms with Crippen LogP contribution in [0.25, 0.3) is 0 Å². The summed E-state index contributed by atoms with van der Waals surface area (Å²) in [5.74, 6) is 0. The van der Waals surface area contributed by atoms with Crippen LogP contribution in [-0.2, 0) is 0 Å². The van der Waals surface area contributed by atoms with Gasteiger partial charge in [-0.3, -0.25) is 0 Å². The van der Waals surface area contributed by atoms with E-state index in [0.717, 1.165) is 0 Å². The van der Waals surface area contributed by atoms with E-state index in [9.17, 15) is 0 Å². The zero-order chi connectivity index (χ0) is 7.33. The summed E-state index contributed by atoms with van der Waals surface area (Å²) in [4.78, 5) is 0. The summed E-state index contributed by atoms with van der Waals surface area (Å²) in [5.41, 5.74) is -1.01. The first kappa shape index (κ1) is 8.88. The molecule has 3 N–H and O–H groups in total. The van der Waals surface area contributed by atoms with Crippen LogP contribution in [0, 0.1) is 18.8 Å². The molecule has 0 aromatic carbocycles. The Morgan fingerprint density at radius 3 is 1.78 bits per heavy atom. The molecule has 0 saturated heterocycles. The summed E-state index contributed by atoms with van der Waals surface area (Å²) in [7, 11) is 0. The minimum absolute atomic E-state index is 0.301. The lowest BCUT2D eigenvalue weighted by Crippen LogP contribution is -2.28. The van der Waals surface area contributed by atoms with E-state index in [1.165, 1.54) is 0 Å². The van der Waals surface area contributed by atoms with E-state index in [-0.39, 0.29) is 19.8 Å². The maximum Gasteiger partial charge on any atom is 0.0516 e. The molecule has 53 valence electrons. The van der Waals surface area contributed by atoms with Gasteiger partial charge in [-0.05, 0) is 6.92 Å². The van der Waals surface area contributed by atoms with Crippen molar-refractivity contribution in [2.24, 2.45) is 5.41 Å². The summed E-state index contributed by atoms with van der Waals surface area (Å²) in [6.45, 7) is 2.52. The molecule has 0 fully saturated rings. The average molecular weight is 131 g/mol. The largest absolute Gasteiger partial charge is 0.396 e. The van der Waals surface area contributed by atoms with Crippen LogP contribution in [0.4, 0.5) is 0 Å². The standard InChI is InChI=1S/C6H11O3/c1-6(4-8,5-9)2-3-7/h7-9H,1,3-5H2. The molecule has 0 spiro atoms. The first-order valence-corrected chi connectivity index (χ1v) is 2.61. The zero-order valence-corrected chi connectivity index (χ0v) is 5.17. The fraction of sp³-hybridized carbons (Fsp3) is 0.667. The van der Waals surface area contributed by atoms with Crippen molar-refractivity contribution in [3.8, 4) is 0 Å². The second-order valence-corrected chi connectivity index (χ2v) is 1.93. The molecule has 0 aliphatic heterocycles. The molecule has 0 bridgehead atoms. The van der Waals surface area contributed by atoms with E-state index in [1.807, 2.05) is 0 Å². The van der Waals surface area contributed by atoms with Crippen molar-refractivity contribution in [3.05, 3.63) is 13.3 Å². The second-order valence-electron chi connectivity index (χ2n) is 1.93. The minimum atomic E-state index is -1.01. The second kappa shape index (κ2) is 3.82. The number of rotatable bonds is 4. The van der Waals surface area contributed by atoms with Crippen molar-refractivity contribution in [2.75, 3.05) is 19.8 Å². The lowest BCUT2D eigenvalue weighted by atomic mass is 9.89. The number of hydrogen-bond donors (Lipinski definition) is 3. The van der Waals surface area contributed by atoms with Gasteiger partial charge in [0.25, 0.3) is 0 Å². The zero-order valence-electron chi connectivity index (χ0n) is 5.17. The van der Waals surface area contributed by atoms with E-state index in [1.54, 1.807) is 0 Å². The summed E-state index contributed by atoms with van der Waals surface area (Å²) in [5, 5.41) is 25.3. The molecule has 0 aliphatic carbocycles. The van der Waals surface area contributed by atoms with E-state index in [4.69, 9.17) is 15.3 Å². The minimum Gasteiger partial charge on any atom is -0.396 e. The van der Waals surface area contributed by atoms with Crippen LogP contribution in [0.3, 0.4) is 0 Å². The maximum atomic E-state index is 8.52. The van der Waals surface area contributed by atoms with Crippen LogP contribution in [0.1, 0.15) is 0 Å². The molecule has 0 aromatic rings. The number of hydrogen-bond acceptors (Lipinski definition) is 3. The predicted molar refractivity (Wildman–Crippen MR) is 32.3 cm³/mol. The quantitative estimate of drug-likeness (QED) is 0.452. The first-order valence-electron chi connectivity index (χ1n) is 2.61. The Kier molecular flexibility index (Phi) is 3.77. The van der Waals surface area contributed by atoms with Gasteiger partial charge in [0.1, 0.15) is 0 Å². The van der Waals surface area contributed by atoms with E-state index >= 15 is 0 Å². The van der Waals surface area contributed by atoms with Crippen LogP contribution in [0.15, 0.2) is 0 Å². The van der Waals surface area contributed by atoms with E-state index < -0.39 is 5.41 Å². The lowest BCUT2D eigenvalue weighted by Gasteiger charge is -2.21. The smallest absolute Gasteiger partial charge is 0.0516 e. The van der Waals surface area contributed by atoms with Crippen molar-refractivity contribution >= 4 is 0 Å². The van der Waals surface area contributed by atoms with Gasteiger partial charge in [-0.2, -0.15) is 0 Å². The summed E-state index contributed by atoms with van der Waals surface area (Å²) in [6.07, 6.45) is 2.40. The molecule has 3 radical (unpaired) electrons. The monoisotopic (exact) mass is 131 g/mol. The Morgan fingerprint density at radius 2 is 1.67 bits per heavy atom. The van der Waals surface area contributed by atoms with Crippen LogP contribution in [0.2, 0.25) is 0 Å². The Bertz CT molecular complexity index is 68.7. The molecule has 0 rings (SSSR count). The Hall–Kier alpha value is -0.120. The van der Waals surface area contributed by atoms with Gasteiger partial charge < -0.3 is 15.3 Å². The molecule has 3 nitrogen and oxygen atoms in total. The summed E-state index contributed by atoms with van der Waals surface area (Å²) >= 11 is 0. The Morgan fingerprint density at radius 1 is 1.22 bits per heavy atom. The van der Waals surface area contributed by atoms with Crippen molar-refractivity contribution in [1.82, 2.24) is 0 Å². The number of aliphatic hydroxyl groups excluding tert-OH is 3. The van der Waals surface area contributed by atoms with Crippen LogP contribution >= 0.6 is 0 Å². The third-order valence-corrected chi connectivity index (χ3v) is 1.06. The van der Waals surface area contributed by atoms with Gasteiger partial charge in [0.05, 0.1) is 19.8 Å². The molecule has 9 heavy (non-hydrogen) atoms.